The van der Waals surface area contributed by atoms with Crippen molar-refractivity contribution in [2.24, 2.45) is 0 Å². The molecule has 2 aromatic carbocycles. The number of benzene rings is 2. The fourth-order valence-corrected chi connectivity index (χ4v) is 3.27. The number of amides is 1. The zero-order valence-electron chi connectivity index (χ0n) is 14.2. The molecule has 0 aliphatic rings. The van der Waals surface area contributed by atoms with Gasteiger partial charge in [0.15, 0.2) is 9.84 Å². The minimum Gasteiger partial charge on any atom is -0.349 e. The van der Waals surface area contributed by atoms with Crippen LogP contribution in [0, 0.1) is 0 Å². The van der Waals surface area contributed by atoms with Gasteiger partial charge in [-0.2, -0.15) is 0 Å². The summed E-state index contributed by atoms with van der Waals surface area (Å²) in [5, 5.41) is 3.00. The molecule has 134 valence electrons. The van der Waals surface area contributed by atoms with Crippen LogP contribution in [0.15, 0.2) is 71.9 Å². The molecule has 0 saturated heterocycles. The molecule has 26 heavy (non-hydrogen) atoms. The first-order valence-corrected chi connectivity index (χ1v) is 9.97. The number of hydrogen-bond acceptors (Lipinski definition) is 4. The van der Waals surface area contributed by atoms with Crippen molar-refractivity contribution in [3.63, 3.8) is 0 Å². The van der Waals surface area contributed by atoms with Gasteiger partial charge in [-0.1, -0.05) is 30.3 Å². The highest BCUT2D eigenvalue weighted by atomic mass is 32.2. The summed E-state index contributed by atoms with van der Waals surface area (Å²) in [5.41, 5.74) is 1.36. The molecule has 0 spiro atoms. The first kappa shape index (κ1) is 17.9. The van der Waals surface area contributed by atoms with Gasteiger partial charge in [0.1, 0.15) is 5.82 Å². The van der Waals surface area contributed by atoms with Gasteiger partial charge in [0.25, 0.3) is 5.91 Å². The Hall–Kier alpha value is -2.93. The number of H-pyrrole nitrogens is 1. The predicted octanol–water partition coefficient (Wildman–Crippen LogP) is 2.53. The van der Waals surface area contributed by atoms with E-state index in [1.807, 2.05) is 30.3 Å². The highest BCUT2D eigenvalue weighted by Crippen LogP contribution is 2.18. The number of nitrogens with one attached hydrogen (secondary N) is 2. The Bertz CT molecular complexity index is 967. The molecule has 0 radical (unpaired) electrons. The average molecular weight is 369 g/mol. The van der Waals surface area contributed by atoms with E-state index in [0.29, 0.717) is 12.0 Å². The molecule has 7 heteroatoms. The molecule has 1 atom stereocenters. The normalized spacial score (nSPS) is 12.5. The summed E-state index contributed by atoms with van der Waals surface area (Å²) in [6.45, 7) is 0. The van der Waals surface area contributed by atoms with Crippen molar-refractivity contribution >= 4 is 15.7 Å². The second-order valence-electron chi connectivity index (χ2n) is 5.97. The molecule has 3 rings (SSSR count). The van der Waals surface area contributed by atoms with Gasteiger partial charge in [0.2, 0.25) is 0 Å². The number of hydrogen-bond donors (Lipinski definition) is 2. The van der Waals surface area contributed by atoms with Crippen LogP contribution in [0.2, 0.25) is 0 Å². The van der Waals surface area contributed by atoms with E-state index in [1.165, 1.54) is 24.3 Å². The second-order valence-corrected chi connectivity index (χ2v) is 7.99. The number of carbonyl (C=O) groups is 1. The monoisotopic (exact) mass is 369 g/mol. The molecule has 0 unspecified atom stereocenters. The molecule has 6 nitrogen and oxygen atoms in total. The van der Waals surface area contributed by atoms with Gasteiger partial charge in [0, 0.05) is 30.6 Å². The summed E-state index contributed by atoms with van der Waals surface area (Å²) in [7, 11) is -3.29. The Labute approximate surface area is 152 Å². The lowest BCUT2D eigenvalue weighted by molar-refractivity contribution is 0.0936. The molecule has 0 aliphatic heterocycles. The lowest BCUT2D eigenvalue weighted by atomic mass is 10.0. The maximum Gasteiger partial charge on any atom is 0.251 e. The largest absolute Gasteiger partial charge is 0.349 e. The lowest BCUT2D eigenvalue weighted by Crippen LogP contribution is -2.30. The molecular formula is C19H19N3O3S. The van der Waals surface area contributed by atoms with Crippen LogP contribution in [0.5, 0.6) is 0 Å². The second kappa shape index (κ2) is 7.53. The number of rotatable bonds is 6. The average Bonchev–Trinajstić information content (AvgIpc) is 3.14. The van der Waals surface area contributed by atoms with Gasteiger partial charge >= 0.3 is 0 Å². The Kier molecular flexibility index (Phi) is 5.18. The fourth-order valence-electron chi connectivity index (χ4n) is 2.64. The van der Waals surface area contributed by atoms with E-state index >= 15 is 0 Å². The first-order chi connectivity index (χ1) is 12.4. The van der Waals surface area contributed by atoms with E-state index in [4.69, 9.17) is 0 Å². The third kappa shape index (κ3) is 4.37. The van der Waals surface area contributed by atoms with E-state index in [-0.39, 0.29) is 16.8 Å². The third-order valence-corrected chi connectivity index (χ3v) is 5.13. The van der Waals surface area contributed by atoms with Crippen molar-refractivity contribution in [2.45, 2.75) is 17.4 Å². The third-order valence-electron chi connectivity index (χ3n) is 4.00. The number of aromatic amines is 1. The molecule has 1 aromatic heterocycles. The zero-order chi connectivity index (χ0) is 18.6. The van der Waals surface area contributed by atoms with E-state index in [1.54, 1.807) is 12.4 Å². The molecular weight excluding hydrogens is 350 g/mol. The van der Waals surface area contributed by atoms with Crippen LogP contribution in [0.25, 0.3) is 0 Å². The Morgan fingerprint density at radius 3 is 2.38 bits per heavy atom. The van der Waals surface area contributed by atoms with Crippen LogP contribution in [0.3, 0.4) is 0 Å². The number of imidazole rings is 1. The summed E-state index contributed by atoms with van der Waals surface area (Å²) < 4.78 is 23.1. The number of aromatic nitrogens is 2. The van der Waals surface area contributed by atoms with Crippen LogP contribution < -0.4 is 5.32 Å². The standard InChI is InChI=1S/C19H19N3O3S/c1-26(24,25)16-9-7-15(8-10-16)19(23)22-17(13-18-20-11-12-21-18)14-5-3-2-4-6-14/h2-12,17H,13H2,1H3,(H,20,21)(H,22,23)/t17-/m0/s1. The van der Waals surface area contributed by atoms with Gasteiger partial charge in [-0.3, -0.25) is 4.79 Å². The molecule has 0 bridgehead atoms. The SMILES string of the molecule is CS(=O)(=O)c1ccc(C(=O)N[C@@H](Cc2ncc[nH]2)c2ccccc2)cc1. The molecule has 1 heterocycles. The minimum absolute atomic E-state index is 0.184. The predicted molar refractivity (Wildman–Crippen MR) is 98.5 cm³/mol. The van der Waals surface area contributed by atoms with E-state index in [9.17, 15) is 13.2 Å². The van der Waals surface area contributed by atoms with Crippen molar-refractivity contribution in [1.29, 1.82) is 0 Å². The van der Waals surface area contributed by atoms with Crippen molar-refractivity contribution in [2.75, 3.05) is 6.26 Å². The zero-order valence-corrected chi connectivity index (χ0v) is 15.0. The molecule has 3 aromatic rings. The van der Waals surface area contributed by atoms with Gasteiger partial charge in [-0.25, -0.2) is 13.4 Å². The van der Waals surface area contributed by atoms with Gasteiger partial charge in [0.05, 0.1) is 10.9 Å². The summed E-state index contributed by atoms with van der Waals surface area (Å²) in [6, 6.07) is 15.3. The van der Waals surface area contributed by atoms with Crippen LogP contribution in [0.1, 0.15) is 27.8 Å². The highest BCUT2D eigenvalue weighted by molar-refractivity contribution is 7.90. The topological polar surface area (TPSA) is 91.9 Å². The van der Waals surface area contributed by atoms with Gasteiger partial charge in [-0.15, -0.1) is 0 Å². The van der Waals surface area contributed by atoms with Crippen LogP contribution >= 0.6 is 0 Å². The number of sulfone groups is 1. The van der Waals surface area contributed by atoms with Crippen LogP contribution in [-0.2, 0) is 16.3 Å². The number of nitrogens with zero attached hydrogens (tertiary/aromatic N) is 1. The fraction of sp³-hybridized carbons (Fsp3) is 0.158. The van der Waals surface area contributed by atoms with Crippen LogP contribution in [0.4, 0.5) is 0 Å². The Morgan fingerprint density at radius 2 is 1.81 bits per heavy atom. The summed E-state index contributed by atoms with van der Waals surface area (Å²) in [4.78, 5) is 20.1. The lowest BCUT2D eigenvalue weighted by Gasteiger charge is -2.18. The molecule has 1 amide bonds. The Balaban J connectivity index is 1.81. The molecule has 0 fully saturated rings. The van der Waals surface area contributed by atoms with E-state index < -0.39 is 9.84 Å². The van der Waals surface area contributed by atoms with E-state index in [2.05, 4.69) is 15.3 Å². The quantitative estimate of drug-likeness (QED) is 0.698. The Morgan fingerprint density at radius 1 is 1.12 bits per heavy atom. The smallest absolute Gasteiger partial charge is 0.251 e. The summed E-state index contributed by atoms with van der Waals surface area (Å²) in [6.07, 6.45) is 5.06. The number of carbonyl (C=O) groups excluding carboxylic acids is 1. The van der Waals surface area contributed by atoms with Crippen molar-refractivity contribution in [1.82, 2.24) is 15.3 Å². The van der Waals surface area contributed by atoms with Crippen molar-refractivity contribution < 1.29 is 13.2 Å². The maximum atomic E-state index is 12.6. The first-order valence-electron chi connectivity index (χ1n) is 8.07. The molecule has 2 N–H and O–H groups in total. The van der Waals surface area contributed by atoms with Crippen molar-refractivity contribution in [3.8, 4) is 0 Å². The van der Waals surface area contributed by atoms with Gasteiger partial charge < -0.3 is 10.3 Å². The molecule has 0 aliphatic carbocycles. The molecule has 0 saturated carbocycles. The summed E-state index contributed by atoms with van der Waals surface area (Å²) >= 11 is 0. The van der Waals surface area contributed by atoms with E-state index in [0.717, 1.165) is 17.6 Å². The maximum absolute atomic E-state index is 12.6. The summed E-state index contributed by atoms with van der Waals surface area (Å²) in [5.74, 6) is 0.497. The van der Waals surface area contributed by atoms with Crippen LogP contribution in [-0.4, -0.2) is 30.5 Å². The van der Waals surface area contributed by atoms with Crippen molar-refractivity contribution in [3.05, 3.63) is 83.9 Å². The highest BCUT2D eigenvalue weighted by Gasteiger charge is 2.18. The minimum atomic E-state index is -3.29. The van der Waals surface area contributed by atoms with Gasteiger partial charge in [-0.05, 0) is 29.8 Å².